The molecular formula is C11H19N3O. The third-order valence-electron chi connectivity index (χ3n) is 3.08. The minimum atomic E-state index is 0.0658. The molecule has 0 radical (unpaired) electrons. The molecule has 1 aliphatic heterocycles. The largest absolute Gasteiger partial charge is 0.374 e. The topological polar surface area (TPSA) is 53.1 Å². The Morgan fingerprint density at radius 2 is 2.47 bits per heavy atom. The minimum absolute atomic E-state index is 0.0658. The Balaban J connectivity index is 1.92. The number of ether oxygens (including phenoxy) is 1. The van der Waals surface area contributed by atoms with Crippen molar-refractivity contribution < 1.29 is 4.74 Å². The number of nitrogens with two attached hydrogens (primary N) is 1. The molecule has 2 heterocycles. The van der Waals surface area contributed by atoms with Crippen LogP contribution in [0, 0.1) is 0 Å². The molecule has 4 nitrogen and oxygen atoms in total. The van der Waals surface area contributed by atoms with Crippen molar-refractivity contribution in [1.29, 1.82) is 0 Å². The molecule has 2 rings (SSSR count). The van der Waals surface area contributed by atoms with Gasteiger partial charge in [-0.25, -0.2) is 4.98 Å². The maximum absolute atomic E-state index is 6.12. The highest BCUT2D eigenvalue weighted by Crippen LogP contribution is 2.22. The van der Waals surface area contributed by atoms with Gasteiger partial charge in [0, 0.05) is 31.9 Å². The molecule has 1 aromatic heterocycles. The van der Waals surface area contributed by atoms with Crippen LogP contribution in [-0.2, 0) is 18.2 Å². The van der Waals surface area contributed by atoms with E-state index < -0.39 is 0 Å². The lowest BCUT2D eigenvalue weighted by Crippen LogP contribution is -2.37. The van der Waals surface area contributed by atoms with Crippen LogP contribution in [-0.4, -0.2) is 27.8 Å². The summed E-state index contributed by atoms with van der Waals surface area (Å²) in [7, 11) is 1.99. The number of hydrogen-bond acceptors (Lipinski definition) is 3. The molecule has 0 spiro atoms. The molecule has 3 unspecified atom stereocenters. The summed E-state index contributed by atoms with van der Waals surface area (Å²) in [5.74, 6) is 1.03. The van der Waals surface area contributed by atoms with E-state index in [1.165, 1.54) is 0 Å². The Hall–Kier alpha value is -0.870. The number of imidazole rings is 1. The van der Waals surface area contributed by atoms with Gasteiger partial charge in [0.1, 0.15) is 5.82 Å². The standard InChI is InChI=1S/C11H19N3O/c1-8-3-4-10(15-8)9(12)7-11-13-5-6-14(11)2/h5-6,8-10H,3-4,7,12H2,1-2H3. The lowest BCUT2D eigenvalue weighted by atomic mass is 10.1. The van der Waals surface area contributed by atoms with Gasteiger partial charge in [0.2, 0.25) is 0 Å². The summed E-state index contributed by atoms with van der Waals surface area (Å²) in [6, 6.07) is 0.0658. The zero-order valence-electron chi connectivity index (χ0n) is 9.39. The van der Waals surface area contributed by atoms with E-state index in [1.54, 1.807) is 6.20 Å². The molecule has 0 saturated carbocycles. The van der Waals surface area contributed by atoms with Crippen molar-refractivity contribution in [2.24, 2.45) is 12.8 Å². The third kappa shape index (κ3) is 2.38. The second kappa shape index (κ2) is 4.33. The van der Waals surface area contributed by atoms with Crippen LogP contribution < -0.4 is 5.73 Å². The zero-order chi connectivity index (χ0) is 10.8. The van der Waals surface area contributed by atoms with Crippen molar-refractivity contribution in [2.75, 3.05) is 0 Å². The lowest BCUT2D eigenvalue weighted by molar-refractivity contribution is 0.0400. The molecule has 1 fully saturated rings. The first-order chi connectivity index (χ1) is 7.16. The highest BCUT2D eigenvalue weighted by Gasteiger charge is 2.27. The summed E-state index contributed by atoms with van der Waals surface area (Å²) in [6.45, 7) is 2.10. The van der Waals surface area contributed by atoms with Crippen LogP contribution in [0.4, 0.5) is 0 Å². The molecule has 0 aliphatic carbocycles. The van der Waals surface area contributed by atoms with Crippen LogP contribution in [0.25, 0.3) is 0 Å². The summed E-state index contributed by atoms with van der Waals surface area (Å²) in [5, 5.41) is 0. The van der Waals surface area contributed by atoms with Crippen molar-refractivity contribution in [3.63, 3.8) is 0 Å². The van der Waals surface area contributed by atoms with Crippen molar-refractivity contribution in [3.05, 3.63) is 18.2 Å². The Kier molecular flexibility index (Phi) is 3.07. The summed E-state index contributed by atoms with van der Waals surface area (Å²) in [5.41, 5.74) is 6.12. The third-order valence-corrected chi connectivity index (χ3v) is 3.08. The van der Waals surface area contributed by atoms with E-state index in [9.17, 15) is 0 Å². The first-order valence-corrected chi connectivity index (χ1v) is 5.54. The second-order valence-corrected chi connectivity index (χ2v) is 4.38. The van der Waals surface area contributed by atoms with Crippen LogP contribution >= 0.6 is 0 Å². The van der Waals surface area contributed by atoms with E-state index in [4.69, 9.17) is 10.5 Å². The van der Waals surface area contributed by atoms with Gasteiger partial charge >= 0.3 is 0 Å². The summed E-state index contributed by atoms with van der Waals surface area (Å²) in [6.07, 6.45) is 7.31. The number of aromatic nitrogens is 2. The maximum atomic E-state index is 6.12. The van der Waals surface area contributed by atoms with Crippen molar-refractivity contribution >= 4 is 0 Å². The van der Waals surface area contributed by atoms with E-state index in [-0.39, 0.29) is 12.1 Å². The van der Waals surface area contributed by atoms with Gasteiger partial charge in [0.15, 0.2) is 0 Å². The normalized spacial score (nSPS) is 28.2. The lowest BCUT2D eigenvalue weighted by Gasteiger charge is -2.19. The van der Waals surface area contributed by atoms with Crippen LogP contribution in [0.3, 0.4) is 0 Å². The minimum Gasteiger partial charge on any atom is -0.374 e. The molecule has 1 aliphatic rings. The molecule has 3 atom stereocenters. The van der Waals surface area contributed by atoms with Gasteiger partial charge in [0.05, 0.1) is 12.2 Å². The molecule has 4 heteroatoms. The first-order valence-electron chi connectivity index (χ1n) is 5.54. The fourth-order valence-corrected chi connectivity index (χ4v) is 2.08. The molecule has 1 aromatic rings. The fourth-order valence-electron chi connectivity index (χ4n) is 2.08. The van der Waals surface area contributed by atoms with Gasteiger partial charge in [0.25, 0.3) is 0 Å². The average molecular weight is 209 g/mol. The molecular weight excluding hydrogens is 190 g/mol. The average Bonchev–Trinajstić information content (AvgIpc) is 2.77. The van der Waals surface area contributed by atoms with Crippen LogP contribution in [0.15, 0.2) is 12.4 Å². The SMILES string of the molecule is CC1CCC(C(N)Cc2nccn2C)O1. The Morgan fingerprint density at radius 1 is 1.67 bits per heavy atom. The molecule has 1 saturated heterocycles. The Morgan fingerprint density at radius 3 is 3.00 bits per heavy atom. The predicted molar refractivity (Wildman–Crippen MR) is 58.5 cm³/mol. The number of rotatable bonds is 3. The Bertz CT molecular complexity index is 323. The summed E-state index contributed by atoms with van der Waals surface area (Å²) < 4.78 is 7.76. The Labute approximate surface area is 90.4 Å². The van der Waals surface area contributed by atoms with Crippen LogP contribution in [0.5, 0.6) is 0 Å². The van der Waals surface area contributed by atoms with E-state index in [1.807, 2.05) is 17.8 Å². The van der Waals surface area contributed by atoms with Gasteiger partial charge in [-0.1, -0.05) is 0 Å². The molecule has 84 valence electrons. The van der Waals surface area contributed by atoms with E-state index >= 15 is 0 Å². The highest BCUT2D eigenvalue weighted by molar-refractivity contribution is 4.96. The monoisotopic (exact) mass is 209 g/mol. The van der Waals surface area contributed by atoms with Crippen LogP contribution in [0.2, 0.25) is 0 Å². The predicted octanol–water partition coefficient (Wildman–Crippen LogP) is 0.857. The van der Waals surface area contributed by atoms with Gasteiger partial charge in [-0.2, -0.15) is 0 Å². The molecule has 0 bridgehead atoms. The van der Waals surface area contributed by atoms with Gasteiger partial charge in [-0.05, 0) is 19.8 Å². The molecule has 2 N–H and O–H groups in total. The summed E-state index contributed by atoms with van der Waals surface area (Å²) in [4.78, 5) is 4.27. The second-order valence-electron chi connectivity index (χ2n) is 4.38. The number of nitrogens with zero attached hydrogens (tertiary/aromatic N) is 2. The molecule has 15 heavy (non-hydrogen) atoms. The number of hydrogen-bond donors (Lipinski definition) is 1. The van der Waals surface area contributed by atoms with E-state index in [0.29, 0.717) is 6.10 Å². The first kappa shape index (κ1) is 10.6. The van der Waals surface area contributed by atoms with Crippen molar-refractivity contribution in [2.45, 2.75) is 44.4 Å². The van der Waals surface area contributed by atoms with Crippen molar-refractivity contribution in [1.82, 2.24) is 9.55 Å². The van der Waals surface area contributed by atoms with Gasteiger partial charge < -0.3 is 15.0 Å². The van der Waals surface area contributed by atoms with Crippen molar-refractivity contribution in [3.8, 4) is 0 Å². The smallest absolute Gasteiger partial charge is 0.110 e. The van der Waals surface area contributed by atoms with Gasteiger partial charge in [-0.3, -0.25) is 0 Å². The van der Waals surface area contributed by atoms with E-state index in [2.05, 4.69) is 11.9 Å². The quantitative estimate of drug-likeness (QED) is 0.803. The fraction of sp³-hybridized carbons (Fsp3) is 0.727. The van der Waals surface area contributed by atoms with Gasteiger partial charge in [-0.15, -0.1) is 0 Å². The highest BCUT2D eigenvalue weighted by atomic mass is 16.5. The van der Waals surface area contributed by atoms with E-state index in [0.717, 1.165) is 25.1 Å². The zero-order valence-corrected chi connectivity index (χ0v) is 9.39. The maximum Gasteiger partial charge on any atom is 0.110 e. The molecule has 0 amide bonds. The van der Waals surface area contributed by atoms with Crippen LogP contribution in [0.1, 0.15) is 25.6 Å². The summed E-state index contributed by atoms with van der Waals surface area (Å²) >= 11 is 0. The molecule has 0 aromatic carbocycles. The number of aryl methyl sites for hydroxylation is 1.